The average molecular weight is 337 g/mol. The Bertz CT molecular complexity index is 784. The summed E-state index contributed by atoms with van der Waals surface area (Å²) in [6.45, 7) is 1.07. The first-order valence-electron chi connectivity index (χ1n) is 8.03. The Balaban J connectivity index is 1.52. The maximum atomic E-state index is 12.4. The van der Waals surface area contributed by atoms with Gasteiger partial charge < -0.3 is 19.2 Å². The summed E-state index contributed by atoms with van der Waals surface area (Å²) >= 11 is 0. The summed E-state index contributed by atoms with van der Waals surface area (Å²) in [6.07, 6.45) is 1.57. The third kappa shape index (κ3) is 4.88. The molecule has 1 amide bonds. The van der Waals surface area contributed by atoms with Gasteiger partial charge >= 0.3 is 0 Å². The van der Waals surface area contributed by atoms with Gasteiger partial charge in [-0.1, -0.05) is 30.3 Å². The summed E-state index contributed by atoms with van der Waals surface area (Å²) in [4.78, 5) is 12.4. The molecule has 0 bridgehead atoms. The van der Waals surface area contributed by atoms with Crippen molar-refractivity contribution < 1.29 is 18.7 Å². The largest absolute Gasteiger partial charge is 0.490 e. The first-order chi connectivity index (χ1) is 12.3. The SMILES string of the molecule is O=C(NCc1ccco1)c1ccccc1OCCOc1ccccc1. The normalized spacial score (nSPS) is 10.2. The van der Waals surface area contributed by atoms with Gasteiger partial charge in [-0.25, -0.2) is 0 Å². The molecule has 0 saturated carbocycles. The molecule has 0 atom stereocenters. The van der Waals surface area contributed by atoms with Gasteiger partial charge in [-0.05, 0) is 36.4 Å². The molecule has 1 N–H and O–H groups in total. The lowest BCUT2D eigenvalue weighted by Crippen LogP contribution is -2.23. The molecule has 0 radical (unpaired) electrons. The first-order valence-corrected chi connectivity index (χ1v) is 8.03. The van der Waals surface area contributed by atoms with Crippen molar-refractivity contribution in [2.24, 2.45) is 0 Å². The van der Waals surface area contributed by atoms with Crippen LogP contribution in [0.4, 0.5) is 0 Å². The summed E-state index contributed by atoms with van der Waals surface area (Å²) in [5.41, 5.74) is 0.480. The number of para-hydroxylation sites is 2. The van der Waals surface area contributed by atoms with Gasteiger partial charge in [0.25, 0.3) is 5.91 Å². The molecule has 2 aromatic carbocycles. The van der Waals surface area contributed by atoms with Crippen LogP contribution in [0.2, 0.25) is 0 Å². The monoisotopic (exact) mass is 337 g/mol. The third-order valence-corrected chi connectivity index (χ3v) is 3.49. The van der Waals surface area contributed by atoms with Crippen LogP contribution in [0.3, 0.4) is 0 Å². The van der Waals surface area contributed by atoms with E-state index < -0.39 is 0 Å². The van der Waals surface area contributed by atoms with Crippen LogP contribution in [0, 0.1) is 0 Å². The van der Waals surface area contributed by atoms with E-state index in [1.54, 1.807) is 30.5 Å². The van der Waals surface area contributed by atoms with E-state index in [0.29, 0.717) is 36.8 Å². The number of ether oxygens (including phenoxy) is 2. The number of furan rings is 1. The number of hydrogen-bond acceptors (Lipinski definition) is 4. The smallest absolute Gasteiger partial charge is 0.255 e. The Morgan fingerprint density at radius 3 is 2.44 bits per heavy atom. The number of nitrogens with one attached hydrogen (secondary N) is 1. The molecular weight excluding hydrogens is 318 g/mol. The van der Waals surface area contributed by atoms with E-state index in [2.05, 4.69) is 5.32 Å². The average Bonchev–Trinajstić information content (AvgIpc) is 3.18. The molecule has 0 unspecified atom stereocenters. The predicted molar refractivity (Wildman–Crippen MR) is 93.8 cm³/mol. The minimum Gasteiger partial charge on any atom is -0.490 e. The molecular formula is C20H19NO4. The minimum absolute atomic E-state index is 0.212. The zero-order valence-electron chi connectivity index (χ0n) is 13.7. The Hall–Kier alpha value is -3.21. The van der Waals surface area contributed by atoms with Gasteiger partial charge in [0.1, 0.15) is 30.5 Å². The highest BCUT2D eigenvalue weighted by atomic mass is 16.5. The highest BCUT2D eigenvalue weighted by Crippen LogP contribution is 2.18. The van der Waals surface area contributed by atoms with Gasteiger partial charge in [0.05, 0.1) is 18.4 Å². The molecule has 0 saturated heterocycles. The van der Waals surface area contributed by atoms with Crippen LogP contribution >= 0.6 is 0 Å². The molecule has 25 heavy (non-hydrogen) atoms. The van der Waals surface area contributed by atoms with Crippen LogP contribution in [0.1, 0.15) is 16.1 Å². The number of benzene rings is 2. The maximum absolute atomic E-state index is 12.4. The van der Waals surface area contributed by atoms with Gasteiger partial charge in [-0.3, -0.25) is 4.79 Å². The van der Waals surface area contributed by atoms with Crippen LogP contribution in [0.15, 0.2) is 77.4 Å². The third-order valence-electron chi connectivity index (χ3n) is 3.49. The number of hydrogen-bond donors (Lipinski definition) is 1. The number of rotatable bonds is 8. The molecule has 5 nitrogen and oxygen atoms in total. The summed E-state index contributed by atoms with van der Waals surface area (Å²) in [5, 5.41) is 2.81. The van der Waals surface area contributed by atoms with E-state index in [9.17, 15) is 4.79 Å². The van der Waals surface area contributed by atoms with Crippen LogP contribution in [-0.2, 0) is 6.54 Å². The fourth-order valence-corrected chi connectivity index (χ4v) is 2.28. The molecule has 1 aromatic heterocycles. The fourth-order valence-electron chi connectivity index (χ4n) is 2.28. The second-order valence-electron chi connectivity index (χ2n) is 5.27. The molecule has 0 spiro atoms. The van der Waals surface area contributed by atoms with E-state index in [1.165, 1.54) is 0 Å². The van der Waals surface area contributed by atoms with Crippen molar-refractivity contribution in [3.05, 3.63) is 84.3 Å². The second kappa shape index (κ2) is 8.59. The molecule has 0 aliphatic rings. The van der Waals surface area contributed by atoms with Crippen molar-refractivity contribution in [1.29, 1.82) is 0 Å². The molecule has 1 heterocycles. The molecule has 128 valence electrons. The minimum atomic E-state index is -0.212. The standard InChI is InChI=1S/C20H19NO4/c22-20(21-15-17-9-6-12-23-17)18-10-4-5-11-19(18)25-14-13-24-16-7-2-1-3-8-16/h1-12H,13-15H2,(H,21,22). The topological polar surface area (TPSA) is 60.7 Å². The Morgan fingerprint density at radius 1 is 0.880 bits per heavy atom. The lowest BCUT2D eigenvalue weighted by molar-refractivity contribution is 0.0942. The maximum Gasteiger partial charge on any atom is 0.255 e. The molecule has 3 aromatic rings. The Kier molecular flexibility index (Phi) is 5.72. The summed E-state index contributed by atoms with van der Waals surface area (Å²) in [6, 6.07) is 20.2. The zero-order valence-corrected chi connectivity index (χ0v) is 13.7. The summed E-state index contributed by atoms with van der Waals surface area (Å²) in [7, 11) is 0. The lowest BCUT2D eigenvalue weighted by atomic mass is 10.2. The van der Waals surface area contributed by atoms with Crippen LogP contribution in [-0.4, -0.2) is 19.1 Å². The van der Waals surface area contributed by atoms with Gasteiger partial charge in [0.2, 0.25) is 0 Å². The quantitative estimate of drug-likeness (QED) is 0.637. The van der Waals surface area contributed by atoms with Crippen LogP contribution in [0.5, 0.6) is 11.5 Å². The van der Waals surface area contributed by atoms with E-state index >= 15 is 0 Å². The molecule has 0 aliphatic heterocycles. The van der Waals surface area contributed by atoms with Crippen molar-refractivity contribution in [3.63, 3.8) is 0 Å². The van der Waals surface area contributed by atoms with E-state index in [4.69, 9.17) is 13.9 Å². The highest BCUT2D eigenvalue weighted by molar-refractivity contribution is 5.96. The van der Waals surface area contributed by atoms with Gasteiger partial charge in [-0.2, -0.15) is 0 Å². The number of carbonyl (C=O) groups is 1. The van der Waals surface area contributed by atoms with Crippen molar-refractivity contribution in [2.45, 2.75) is 6.54 Å². The number of carbonyl (C=O) groups excluding carboxylic acids is 1. The molecule has 5 heteroatoms. The first kappa shape index (κ1) is 16.6. The molecule has 3 rings (SSSR count). The summed E-state index contributed by atoms with van der Waals surface area (Å²) in [5.74, 6) is 1.80. The zero-order chi connectivity index (χ0) is 17.3. The van der Waals surface area contributed by atoms with E-state index in [-0.39, 0.29) is 5.91 Å². The van der Waals surface area contributed by atoms with Gasteiger partial charge in [0, 0.05) is 0 Å². The van der Waals surface area contributed by atoms with Gasteiger partial charge in [-0.15, -0.1) is 0 Å². The van der Waals surface area contributed by atoms with E-state index in [0.717, 1.165) is 5.75 Å². The highest BCUT2D eigenvalue weighted by Gasteiger charge is 2.12. The van der Waals surface area contributed by atoms with Crippen molar-refractivity contribution >= 4 is 5.91 Å². The Morgan fingerprint density at radius 2 is 1.64 bits per heavy atom. The second-order valence-corrected chi connectivity index (χ2v) is 5.27. The van der Waals surface area contributed by atoms with Crippen molar-refractivity contribution in [2.75, 3.05) is 13.2 Å². The van der Waals surface area contributed by atoms with Crippen molar-refractivity contribution in [1.82, 2.24) is 5.32 Å². The predicted octanol–water partition coefficient (Wildman–Crippen LogP) is 3.67. The fraction of sp³-hybridized carbons (Fsp3) is 0.150. The lowest BCUT2D eigenvalue weighted by Gasteiger charge is -2.12. The van der Waals surface area contributed by atoms with Crippen LogP contribution in [0.25, 0.3) is 0 Å². The van der Waals surface area contributed by atoms with Gasteiger partial charge in [0.15, 0.2) is 0 Å². The number of amides is 1. The van der Waals surface area contributed by atoms with Crippen LogP contribution < -0.4 is 14.8 Å². The summed E-state index contributed by atoms with van der Waals surface area (Å²) < 4.78 is 16.5. The van der Waals surface area contributed by atoms with Crippen molar-refractivity contribution in [3.8, 4) is 11.5 Å². The Labute approximate surface area is 146 Å². The molecule has 0 fully saturated rings. The molecule has 0 aliphatic carbocycles. The van der Waals surface area contributed by atoms with E-state index in [1.807, 2.05) is 42.5 Å².